The lowest BCUT2D eigenvalue weighted by Gasteiger charge is -2.39. The molecule has 1 N–H and O–H groups in total. The maximum absolute atomic E-state index is 13.3. The first-order chi connectivity index (χ1) is 14.5. The number of rotatable bonds is 4. The highest BCUT2D eigenvalue weighted by molar-refractivity contribution is 6.35. The summed E-state index contributed by atoms with van der Waals surface area (Å²) in [5.41, 5.74) is 2.36. The van der Waals surface area contributed by atoms with Crippen molar-refractivity contribution in [2.45, 2.75) is 32.0 Å². The Morgan fingerprint density at radius 3 is 2.47 bits per heavy atom. The molecule has 1 atom stereocenters. The van der Waals surface area contributed by atoms with Gasteiger partial charge in [-0.2, -0.15) is 0 Å². The lowest BCUT2D eigenvalue weighted by molar-refractivity contribution is 0.0496. The Morgan fingerprint density at radius 2 is 1.80 bits per heavy atom. The Balaban J connectivity index is 1.58. The van der Waals surface area contributed by atoms with E-state index in [1.807, 2.05) is 29.2 Å². The fourth-order valence-corrected chi connectivity index (χ4v) is 4.72. The van der Waals surface area contributed by atoms with Crippen molar-refractivity contribution in [3.63, 3.8) is 0 Å². The summed E-state index contributed by atoms with van der Waals surface area (Å²) in [5, 5.41) is 4.49. The molecule has 30 heavy (non-hydrogen) atoms. The molecule has 2 aromatic rings. The summed E-state index contributed by atoms with van der Waals surface area (Å²) in [7, 11) is 0. The number of carbonyl (C=O) groups is 2. The number of piperidine rings is 1. The van der Waals surface area contributed by atoms with Crippen LogP contribution in [0.2, 0.25) is 10.0 Å². The average molecular weight is 448 g/mol. The Morgan fingerprint density at radius 1 is 1.13 bits per heavy atom. The number of hydrogen-bond donors (Lipinski definition) is 1. The van der Waals surface area contributed by atoms with Crippen molar-refractivity contribution >= 4 is 40.9 Å². The number of hydrogen-bond acceptors (Lipinski definition) is 4. The van der Waals surface area contributed by atoms with Gasteiger partial charge in [-0.15, -0.1) is 0 Å². The van der Waals surface area contributed by atoms with E-state index in [9.17, 15) is 9.59 Å². The first kappa shape index (κ1) is 20.8. The molecular weight excluding hydrogens is 425 g/mol. The van der Waals surface area contributed by atoms with E-state index in [-0.39, 0.29) is 24.2 Å². The van der Waals surface area contributed by atoms with Crippen LogP contribution in [0.15, 0.2) is 42.5 Å². The number of benzene rings is 2. The Bertz CT molecular complexity index is 940. The summed E-state index contributed by atoms with van der Waals surface area (Å²) in [6.07, 6.45) is 0.748. The summed E-state index contributed by atoms with van der Waals surface area (Å²) < 4.78 is 5.11. The SMILES string of the molecule is CCOC(=O)N1CCC(N2C(=O)c3ccccc3C2Nc2cc(Cl)cc(Cl)c2)CC1. The number of likely N-dealkylation sites (tertiary alicyclic amines) is 1. The van der Waals surface area contributed by atoms with Gasteiger partial charge >= 0.3 is 6.09 Å². The fraction of sp³-hybridized carbons (Fsp3) is 0.364. The van der Waals surface area contributed by atoms with Crippen LogP contribution in [0, 0.1) is 0 Å². The zero-order valence-electron chi connectivity index (χ0n) is 16.6. The molecule has 8 heteroatoms. The van der Waals surface area contributed by atoms with Crippen molar-refractivity contribution in [3.8, 4) is 0 Å². The summed E-state index contributed by atoms with van der Waals surface area (Å²) in [6.45, 7) is 3.26. The first-order valence-electron chi connectivity index (χ1n) is 10.0. The number of nitrogens with zero attached hydrogens (tertiary/aromatic N) is 2. The quantitative estimate of drug-likeness (QED) is 0.700. The van der Waals surface area contributed by atoms with Gasteiger partial charge in [-0.3, -0.25) is 4.79 Å². The van der Waals surface area contributed by atoms with Gasteiger partial charge in [0.1, 0.15) is 6.17 Å². The molecule has 0 bridgehead atoms. The molecule has 4 rings (SSSR count). The number of halogens is 2. The minimum atomic E-state index is -0.331. The van der Waals surface area contributed by atoms with E-state index in [0.29, 0.717) is 48.1 Å². The van der Waals surface area contributed by atoms with Crippen molar-refractivity contribution in [1.29, 1.82) is 0 Å². The molecule has 0 aromatic heterocycles. The topological polar surface area (TPSA) is 61.9 Å². The second-order valence-electron chi connectivity index (χ2n) is 7.42. The van der Waals surface area contributed by atoms with Crippen LogP contribution in [-0.4, -0.2) is 47.5 Å². The van der Waals surface area contributed by atoms with E-state index in [0.717, 1.165) is 11.3 Å². The van der Waals surface area contributed by atoms with Crippen molar-refractivity contribution < 1.29 is 14.3 Å². The number of anilines is 1. The highest BCUT2D eigenvalue weighted by Crippen LogP contribution is 2.38. The van der Waals surface area contributed by atoms with Gasteiger partial charge in [0, 0.05) is 46.0 Å². The molecule has 1 saturated heterocycles. The number of ether oxygens (including phenoxy) is 1. The molecule has 0 saturated carbocycles. The molecule has 1 unspecified atom stereocenters. The van der Waals surface area contributed by atoms with Crippen molar-refractivity contribution in [1.82, 2.24) is 9.80 Å². The minimum Gasteiger partial charge on any atom is -0.450 e. The van der Waals surface area contributed by atoms with E-state index in [2.05, 4.69) is 5.32 Å². The van der Waals surface area contributed by atoms with E-state index in [4.69, 9.17) is 27.9 Å². The van der Waals surface area contributed by atoms with Gasteiger partial charge < -0.3 is 19.9 Å². The van der Waals surface area contributed by atoms with Crippen molar-refractivity contribution in [2.75, 3.05) is 25.0 Å². The predicted octanol–water partition coefficient (Wildman–Crippen LogP) is 5.18. The van der Waals surface area contributed by atoms with Gasteiger partial charge in [0.05, 0.1) is 6.61 Å². The van der Waals surface area contributed by atoms with Crippen LogP contribution in [-0.2, 0) is 4.74 Å². The highest BCUT2D eigenvalue weighted by Gasteiger charge is 2.42. The molecule has 0 aliphatic carbocycles. The van der Waals surface area contributed by atoms with Crippen LogP contribution in [0.3, 0.4) is 0 Å². The largest absolute Gasteiger partial charge is 0.450 e. The third-order valence-electron chi connectivity index (χ3n) is 5.55. The standard InChI is InChI=1S/C22H23Cl2N3O3/c1-2-30-22(29)26-9-7-17(8-10-26)27-20(18-5-3-4-6-19(18)21(27)28)25-16-12-14(23)11-15(24)13-16/h3-6,11-13,17,20,25H,2,7-10H2,1H3. The van der Waals surface area contributed by atoms with Crippen LogP contribution < -0.4 is 5.32 Å². The monoisotopic (exact) mass is 447 g/mol. The second kappa shape index (κ2) is 8.74. The third-order valence-corrected chi connectivity index (χ3v) is 5.98. The minimum absolute atomic E-state index is 0.00253. The van der Waals surface area contributed by atoms with E-state index in [1.165, 1.54) is 0 Å². The molecule has 0 spiro atoms. The van der Waals surface area contributed by atoms with Crippen LogP contribution >= 0.6 is 23.2 Å². The maximum atomic E-state index is 13.3. The summed E-state index contributed by atoms with van der Waals surface area (Å²) >= 11 is 12.3. The highest BCUT2D eigenvalue weighted by atomic mass is 35.5. The van der Waals surface area contributed by atoms with Gasteiger partial charge in [-0.25, -0.2) is 4.79 Å². The number of carbonyl (C=O) groups excluding carboxylic acids is 2. The lowest BCUT2D eigenvalue weighted by atomic mass is 10.0. The van der Waals surface area contributed by atoms with E-state index >= 15 is 0 Å². The molecular formula is C22H23Cl2N3O3. The Kier molecular flexibility index (Phi) is 6.06. The van der Waals surface area contributed by atoms with Gasteiger partial charge in [0.15, 0.2) is 0 Å². The molecule has 2 aromatic carbocycles. The normalized spacial score (nSPS) is 19.0. The predicted molar refractivity (Wildman–Crippen MR) is 117 cm³/mol. The van der Waals surface area contributed by atoms with Gasteiger partial charge in [-0.1, -0.05) is 41.4 Å². The number of fused-ring (bicyclic) bond motifs is 1. The zero-order chi connectivity index (χ0) is 21.3. The molecule has 0 radical (unpaired) electrons. The number of nitrogens with one attached hydrogen (secondary N) is 1. The molecule has 2 aliphatic heterocycles. The molecule has 2 aliphatic rings. The first-order valence-corrected chi connectivity index (χ1v) is 10.8. The Hall–Kier alpha value is -2.44. The Labute approximate surface area is 185 Å². The van der Waals surface area contributed by atoms with Gasteiger partial charge in [0.2, 0.25) is 0 Å². The molecule has 2 heterocycles. The third kappa shape index (κ3) is 4.07. The van der Waals surface area contributed by atoms with Crippen molar-refractivity contribution in [3.05, 3.63) is 63.6 Å². The maximum Gasteiger partial charge on any atom is 0.409 e. The van der Waals surface area contributed by atoms with Crippen molar-refractivity contribution in [2.24, 2.45) is 0 Å². The van der Waals surface area contributed by atoms with Crippen LogP contribution in [0.4, 0.5) is 10.5 Å². The summed E-state index contributed by atoms with van der Waals surface area (Å²) in [5.74, 6) is -0.00851. The van der Waals surface area contributed by atoms with E-state index < -0.39 is 0 Å². The van der Waals surface area contributed by atoms with Crippen LogP contribution in [0.25, 0.3) is 0 Å². The molecule has 6 nitrogen and oxygen atoms in total. The second-order valence-corrected chi connectivity index (χ2v) is 8.29. The zero-order valence-corrected chi connectivity index (χ0v) is 18.1. The molecule has 1 fully saturated rings. The number of amides is 2. The van der Waals surface area contributed by atoms with E-state index in [1.54, 1.807) is 30.0 Å². The molecule has 158 valence electrons. The smallest absolute Gasteiger partial charge is 0.409 e. The van der Waals surface area contributed by atoms with Crippen LogP contribution in [0.1, 0.15) is 41.9 Å². The molecule has 2 amide bonds. The lowest BCUT2D eigenvalue weighted by Crippen LogP contribution is -2.49. The average Bonchev–Trinajstić information content (AvgIpc) is 2.99. The van der Waals surface area contributed by atoms with Crippen LogP contribution in [0.5, 0.6) is 0 Å². The fourth-order valence-electron chi connectivity index (χ4n) is 4.20. The summed E-state index contributed by atoms with van der Waals surface area (Å²) in [6, 6.07) is 12.9. The van der Waals surface area contributed by atoms with Gasteiger partial charge in [0.25, 0.3) is 5.91 Å². The summed E-state index contributed by atoms with van der Waals surface area (Å²) in [4.78, 5) is 28.9. The van der Waals surface area contributed by atoms with Gasteiger partial charge in [-0.05, 0) is 44.0 Å².